The van der Waals surface area contributed by atoms with Gasteiger partial charge in [0.1, 0.15) is 4.21 Å². The zero-order valence-corrected chi connectivity index (χ0v) is 14.5. The Labute approximate surface area is 130 Å². The van der Waals surface area contributed by atoms with E-state index in [4.69, 9.17) is 0 Å². The molecule has 1 fully saturated rings. The van der Waals surface area contributed by atoms with Gasteiger partial charge in [-0.1, -0.05) is 6.92 Å². The van der Waals surface area contributed by atoms with Crippen LogP contribution in [-0.4, -0.2) is 43.9 Å². The number of hydrogen-bond acceptors (Lipinski definition) is 5. The summed E-state index contributed by atoms with van der Waals surface area (Å²) >= 11 is 3.25. The normalized spacial score (nSPS) is 18.1. The fourth-order valence-corrected chi connectivity index (χ4v) is 6.32. The Kier molecular flexibility index (Phi) is 5.92. The van der Waals surface area contributed by atoms with Crippen molar-refractivity contribution in [2.24, 2.45) is 0 Å². The van der Waals surface area contributed by atoms with Gasteiger partial charge in [0.15, 0.2) is 0 Å². The highest BCUT2D eigenvalue weighted by Gasteiger charge is 2.27. The van der Waals surface area contributed by atoms with Gasteiger partial charge in [-0.05, 0) is 37.3 Å². The van der Waals surface area contributed by atoms with E-state index in [2.05, 4.69) is 12.2 Å². The average molecular weight is 335 g/mol. The van der Waals surface area contributed by atoms with E-state index in [0.29, 0.717) is 17.3 Å². The van der Waals surface area contributed by atoms with E-state index >= 15 is 0 Å². The average Bonchev–Trinajstić information content (AvgIpc) is 2.66. The van der Waals surface area contributed by atoms with Gasteiger partial charge < -0.3 is 5.32 Å². The van der Waals surface area contributed by atoms with Crippen LogP contribution in [0.15, 0.2) is 10.3 Å². The van der Waals surface area contributed by atoms with E-state index in [1.165, 1.54) is 11.3 Å². The van der Waals surface area contributed by atoms with Gasteiger partial charge in [0.05, 0.1) is 0 Å². The molecule has 1 aromatic heterocycles. The Balaban J connectivity index is 2.20. The minimum atomic E-state index is -3.30. The number of thioether (sulfide) groups is 1. The quantitative estimate of drug-likeness (QED) is 0.898. The summed E-state index contributed by atoms with van der Waals surface area (Å²) in [5, 5.41) is 3.26. The number of nitrogens with one attached hydrogen (secondary N) is 1. The fraction of sp³-hybridized carbons (Fsp3) is 0.692. The summed E-state index contributed by atoms with van der Waals surface area (Å²) < 4.78 is 27.5. The molecule has 1 saturated heterocycles. The van der Waals surface area contributed by atoms with Crippen molar-refractivity contribution in [2.45, 2.75) is 31.0 Å². The first kappa shape index (κ1) is 16.3. The highest BCUT2D eigenvalue weighted by atomic mass is 32.2. The summed E-state index contributed by atoms with van der Waals surface area (Å²) in [5.74, 6) is 1.95. The maximum atomic E-state index is 12.7. The Morgan fingerprint density at radius 2 is 2.15 bits per heavy atom. The standard InChI is InChI=1S/C13H22N2O2S3/c1-3-14-10-12-11(2)9-13(19-12)20(16,17)15-5-4-7-18-8-6-15/h9,14H,3-8,10H2,1-2H3. The van der Waals surface area contributed by atoms with Gasteiger partial charge in [-0.25, -0.2) is 8.42 Å². The summed E-state index contributed by atoms with van der Waals surface area (Å²) in [6.45, 7) is 6.96. The molecule has 0 bridgehead atoms. The molecule has 2 rings (SSSR count). The topological polar surface area (TPSA) is 49.4 Å². The van der Waals surface area contributed by atoms with Gasteiger partial charge in [0.25, 0.3) is 10.0 Å². The number of aryl methyl sites for hydroxylation is 1. The molecule has 1 aliphatic rings. The molecule has 7 heteroatoms. The molecule has 1 N–H and O–H groups in total. The van der Waals surface area contributed by atoms with Crippen molar-refractivity contribution >= 4 is 33.1 Å². The van der Waals surface area contributed by atoms with Crippen LogP contribution in [0.3, 0.4) is 0 Å². The lowest BCUT2D eigenvalue weighted by atomic mass is 10.3. The van der Waals surface area contributed by atoms with Crippen molar-refractivity contribution in [3.8, 4) is 0 Å². The van der Waals surface area contributed by atoms with Crippen molar-refractivity contribution in [1.29, 1.82) is 0 Å². The predicted molar refractivity (Wildman–Crippen MR) is 87.1 cm³/mol. The Hall–Kier alpha value is -0.0800. The molecule has 0 radical (unpaired) electrons. The summed E-state index contributed by atoms with van der Waals surface area (Å²) in [4.78, 5) is 1.12. The smallest absolute Gasteiger partial charge is 0.252 e. The third-order valence-electron chi connectivity index (χ3n) is 3.31. The van der Waals surface area contributed by atoms with Gasteiger partial charge in [0, 0.05) is 30.3 Å². The van der Waals surface area contributed by atoms with Crippen molar-refractivity contribution in [3.63, 3.8) is 0 Å². The molecule has 2 heterocycles. The minimum Gasteiger partial charge on any atom is -0.312 e. The van der Waals surface area contributed by atoms with E-state index in [-0.39, 0.29) is 0 Å². The second kappa shape index (κ2) is 7.26. The van der Waals surface area contributed by atoms with E-state index < -0.39 is 10.0 Å². The largest absolute Gasteiger partial charge is 0.312 e. The molecule has 0 atom stereocenters. The number of thiophene rings is 1. The predicted octanol–water partition coefficient (Wildman–Crippen LogP) is 2.29. The molecule has 0 spiro atoms. The van der Waals surface area contributed by atoms with Gasteiger partial charge >= 0.3 is 0 Å². The van der Waals surface area contributed by atoms with Crippen LogP contribution in [0.1, 0.15) is 23.8 Å². The molecule has 0 aromatic carbocycles. The SMILES string of the molecule is CCNCc1sc(S(=O)(=O)N2CCCSCC2)cc1C. The Morgan fingerprint density at radius 3 is 2.90 bits per heavy atom. The summed E-state index contributed by atoms with van der Waals surface area (Å²) in [7, 11) is -3.30. The van der Waals surface area contributed by atoms with Crippen molar-refractivity contribution in [3.05, 3.63) is 16.5 Å². The number of sulfonamides is 1. The molecule has 0 aliphatic carbocycles. The number of rotatable bonds is 5. The Bertz CT molecular complexity index is 532. The zero-order chi connectivity index (χ0) is 14.6. The second-order valence-corrected chi connectivity index (χ2v) is 9.35. The lowest BCUT2D eigenvalue weighted by Crippen LogP contribution is -2.32. The molecule has 4 nitrogen and oxygen atoms in total. The van der Waals surface area contributed by atoms with Gasteiger partial charge in [-0.2, -0.15) is 16.1 Å². The maximum absolute atomic E-state index is 12.7. The van der Waals surface area contributed by atoms with E-state index in [1.54, 1.807) is 4.31 Å². The van der Waals surface area contributed by atoms with Gasteiger partial charge in [-0.15, -0.1) is 11.3 Å². The first-order chi connectivity index (χ1) is 9.55. The van der Waals surface area contributed by atoms with Crippen molar-refractivity contribution in [2.75, 3.05) is 31.1 Å². The molecular weight excluding hydrogens is 312 g/mol. The first-order valence-corrected chi connectivity index (χ1v) is 10.3. The monoisotopic (exact) mass is 334 g/mol. The molecule has 0 saturated carbocycles. The summed E-state index contributed by atoms with van der Waals surface area (Å²) in [5.41, 5.74) is 1.07. The highest BCUT2D eigenvalue weighted by molar-refractivity contribution is 7.99. The van der Waals surface area contributed by atoms with Crippen LogP contribution in [0.5, 0.6) is 0 Å². The molecular formula is C13H22N2O2S3. The van der Waals surface area contributed by atoms with Crippen LogP contribution in [0, 0.1) is 6.92 Å². The molecule has 0 unspecified atom stereocenters. The summed E-state index contributed by atoms with van der Waals surface area (Å²) in [6.07, 6.45) is 0.943. The van der Waals surface area contributed by atoms with E-state index in [1.807, 2.05) is 24.8 Å². The number of hydrogen-bond donors (Lipinski definition) is 1. The third kappa shape index (κ3) is 3.76. The summed E-state index contributed by atoms with van der Waals surface area (Å²) in [6, 6.07) is 1.82. The lowest BCUT2D eigenvalue weighted by molar-refractivity contribution is 0.436. The van der Waals surface area contributed by atoms with Crippen LogP contribution in [-0.2, 0) is 16.6 Å². The number of nitrogens with zero attached hydrogens (tertiary/aromatic N) is 1. The zero-order valence-electron chi connectivity index (χ0n) is 12.0. The van der Waals surface area contributed by atoms with Crippen molar-refractivity contribution < 1.29 is 8.42 Å². The maximum Gasteiger partial charge on any atom is 0.252 e. The van der Waals surface area contributed by atoms with E-state index in [0.717, 1.165) is 41.5 Å². The third-order valence-corrected chi connectivity index (χ3v) is 7.94. The van der Waals surface area contributed by atoms with E-state index in [9.17, 15) is 8.42 Å². The highest BCUT2D eigenvalue weighted by Crippen LogP contribution is 2.29. The second-order valence-electron chi connectivity index (χ2n) is 4.82. The molecule has 0 amide bonds. The van der Waals surface area contributed by atoms with Gasteiger partial charge in [0.2, 0.25) is 0 Å². The van der Waals surface area contributed by atoms with Gasteiger partial charge in [-0.3, -0.25) is 0 Å². The molecule has 20 heavy (non-hydrogen) atoms. The van der Waals surface area contributed by atoms with Crippen LogP contribution in [0.2, 0.25) is 0 Å². The van der Waals surface area contributed by atoms with Crippen LogP contribution < -0.4 is 5.32 Å². The molecule has 1 aromatic rings. The van der Waals surface area contributed by atoms with Crippen LogP contribution in [0.4, 0.5) is 0 Å². The minimum absolute atomic E-state index is 0.495. The van der Waals surface area contributed by atoms with Crippen LogP contribution in [0.25, 0.3) is 0 Å². The lowest BCUT2D eigenvalue weighted by Gasteiger charge is -2.18. The fourth-order valence-electron chi connectivity index (χ4n) is 2.12. The molecule has 1 aliphatic heterocycles. The molecule has 114 valence electrons. The Morgan fingerprint density at radius 1 is 1.35 bits per heavy atom. The first-order valence-electron chi connectivity index (χ1n) is 6.93. The van der Waals surface area contributed by atoms with Crippen LogP contribution >= 0.6 is 23.1 Å². The van der Waals surface area contributed by atoms with Crippen molar-refractivity contribution in [1.82, 2.24) is 9.62 Å².